The van der Waals surface area contributed by atoms with Crippen LogP contribution < -0.4 is 5.73 Å². The van der Waals surface area contributed by atoms with Gasteiger partial charge in [-0.1, -0.05) is 6.07 Å². The first kappa shape index (κ1) is 11.6. The Morgan fingerprint density at radius 2 is 2.00 bits per heavy atom. The Bertz CT molecular complexity index is 907. The molecule has 0 saturated heterocycles. The second-order valence-corrected chi connectivity index (χ2v) is 4.56. The van der Waals surface area contributed by atoms with E-state index in [1.807, 2.05) is 12.1 Å². The molecule has 4 aromatic heterocycles. The maximum Gasteiger partial charge on any atom is 0.153 e. The first-order valence-electron chi connectivity index (χ1n) is 6.36. The van der Waals surface area contributed by atoms with Gasteiger partial charge in [0.2, 0.25) is 0 Å². The van der Waals surface area contributed by atoms with Gasteiger partial charge in [0.1, 0.15) is 0 Å². The molecule has 4 rings (SSSR count). The monoisotopic (exact) mass is 277 g/mol. The molecule has 3 N–H and O–H groups in total. The lowest BCUT2D eigenvalue weighted by molar-refractivity contribution is 0.946. The standard InChI is InChI=1S/C14H11N7/c15-14-12(9-2-1-3-16-6-9)13(19-20-14)10-7-18-21-5-4-17-8-11(10)21/h1-8H,(H3,15,19,20). The van der Waals surface area contributed by atoms with E-state index in [0.29, 0.717) is 5.82 Å². The minimum absolute atomic E-state index is 0.432. The van der Waals surface area contributed by atoms with E-state index in [9.17, 15) is 0 Å². The van der Waals surface area contributed by atoms with Crippen LogP contribution in [0.1, 0.15) is 0 Å². The number of nitrogens with two attached hydrogens (primary N) is 1. The van der Waals surface area contributed by atoms with E-state index in [4.69, 9.17) is 5.73 Å². The molecule has 0 saturated carbocycles. The van der Waals surface area contributed by atoms with Crippen LogP contribution in [0.5, 0.6) is 0 Å². The molecule has 0 aliphatic carbocycles. The van der Waals surface area contributed by atoms with Crippen molar-refractivity contribution in [3.8, 4) is 22.4 Å². The number of aromatic amines is 1. The number of rotatable bonds is 2. The number of H-pyrrole nitrogens is 1. The number of anilines is 1. The molecule has 4 aromatic rings. The summed E-state index contributed by atoms with van der Waals surface area (Å²) in [6, 6.07) is 3.81. The number of nitrogen functional groups attached to an aromatic ring is 1. The Balaban J connectivity index is 1.98. The molecule has 0 spiro atoms. The summed E-state index contributed by atoms with van der Waals surface area (Å²) in [4.78, 5) is 8.28. The van der Waals surface area contributed by atoms with E-state index in [0.717, 1.165) is 27.9 Å². The van der Waals surface area contributed by atoms with Gasteiger partial charge in [0, 0.05) is 35.9 Å². The van der Waals surface area contributed by atoms with Gasteiger partial charge in [-0.25, -0.2) is 4.52 Å². The summed E-state index contributed by atoms with van der Waals surface area (Å²) >= 11 is 0. The zero-order valence-corrected chi connectivity index (χ0v) is 10.9. The summed E-state index contributed by atoms with van der Waals surface area (Å²) in [5.74, 6) is 0.432. The van der Waals surface area contributed by atoms with Crippen molar-refractivity contribution in [2.45, 2.75) is 0 Å². The van der Waals surface area contributed by atoms with E-state index in [1.165, 1.54) is 0 Å². The normalized spacial score (nSPS) is 11.0. The molecule has 0 bridgehead atoms. The van der Waals surface area contributed by atoms with Crippen molar-refractivity contribution in [1.29, 1.82) is 0 Å². The number of aromatic nitrogens is 6. The van der Waals surface area contributed by atoms with E-state index < -0.39 is 0 Å². The van der Waals surface area contributed by atoms with Gasteiger partial charge in [0.25, 0.3) is 0 Å². The largest absolute Gasteiger partial charge is 0.382 e. The number of hydrogen-bond donors (Lipinski definition) is 2. The summed E-state index contributed by atoms with van der Waals surface area (Å²) in [5.41, 5.74) is 10.3. The van der Waals surface area contributed by atoms with Crippen LogP contribution in [0.4, 0.5) is 5.82 Å². The Morgan fingerprint density at radius 3 is 2.86 bits per heavy atom. The van der Waals surface area contributed by atoms with Gasteiger partial charge >= 0.3 is 0 Å². The van der Waals surface area contributed by atoms with Crippen LogP contribution in [0, 0.1) is 0 Å². The second-order valence-electron chi connectivity index (χ2n) is 4.56. The molecule has 21 heavy (non-hydrogen) atoms. The molecule has 0 unspecified atom stereocenters. The number of nitrogens with zero attached hydrogens (tertiary/aromatic N) is 5. The Kier molecular flexibility index (Phi) is 2.43. The van der Waals surface area contributed by atoms with Crippen molar-refractivity contribution in [3.05, 3.63) is 49.3 Å². The molecule has 0 aliphatic rings. The number of hydrogen-bond acceptors (Lipinski definition) is 5. The van der Waals surface area contributed by atoms with Gasteiger partial charge in [0.15, 0.2) is 5.82 Å². The van der Waals surface area contributed by atoms with Crippen molar-refractivity contribution in [2.24, 2.45) is 0 Å². The van der Waals surface area contributed by atoms with E-state index in [1.54, 1.807) is 41.7 Å². The molecule has 4 heterocycles. The van der Waals surface area contributed by atoms with Crippen LogP contribution >= 0.6 is 0 Å². The summed E-state index contributed by atoms with van der Waals surface area (Å²) in [7, 11) is 0. The third-order valence-corrected chi connectivity index (χ3v) is 3.34. The molecular formula is C14H11N7. The van der Waals surface area contributed by atoms with Gasteiger partial charge in [-0.15, -0.1) is 0 Å². The van der Waals surface area contributed by atoms with Crippen molar-refractivity contribution in [1.82, 2.24) is 29.8 Å². The Labute approximate surface area is 119 Å². The van der Waals surface area contributed by atoms with Crippen molar-refractivity contribution in [2.75, 3.05) is 5.73 Å². The fourth-order valence-electron chi connectivity index (χ4n) is 2.38. The van der Waals surface area contributed by atoms with Crippen LogP contribution in [0.2, 0.25) is 0 Å². The van der Waals surface area contributed by atoms with Gasteiger partial charge in [-0.2, -0.15) is 10.2 Å². The predicted octanol–water partition coefficient (Wildman–Crippen LogP) is 1.76. The number of pyridine rings is 1. The highest BCUT2D eigenvalue weighted by Crippen LogP contribution is 2.35. The fraction of sp³-hybridized carbons (Fsp3) is 0. The molecule has 7 nitrogen and oxygen atoms in total. The van der Waals surface area contributed by atoms with Gasteiger partial charge in [-0.3, -0.25) is 15.1 Å². The zero-order valence-electron chi connectivity index (χ0n) is 10.9. The maximum atomic E-state index is 6.01. The van der Waals surface area contributed by atoms with Crippen LogP contribution in [-0.4, -0.2) is 29.8 Å². The minimum Gasteiger partial charge on any atom is -0.382 e. The number of fused-ring (bicyclic) bond motifs is 1. The van der Waals surface area contributed by atoms with E-state index in [2.05, 4.69) is 25.3 Å². The van der Waals surface area contributed by atoms with Crippen LogP contribution in [0.25, 0.3) is 27.9 Å². The van der Waals surface area contributed by atoms with Gasteiger partial charge in [-0.05, 0) is 6.07 Å². The Morgan fingerprint density at radius 1 is 1.10 bits per heavy atom. The number of nitrogens with one attached hydrogen (secondary N) is 1. The van der Waals surface area contributed by atoms with E-state index >= 15 is 0 Å². The molecule has 102 valence electrons. The van der Waals surface area contributed by atoms with Crippen LogP contribution in [-0.2, 0) is 0 Å². The lowest BCUT2D eigenvalue weighted by atomic mass is 10.0. The van der Waals surface area contributed by atoms with Gasteiger partial charge < -0.3 is 5.73 Å². The SMILES string of the molecule is Nc1n[nH]c(-c2cnn3ccncc23)c1-c1cccnc1. The van der Waals surface area contributed by atoms with Crippen LogP contribution in [0.3, 0.4) is 0 Å². The molecule has 0 amide bonds. The summed E-state index contributed by atoms with van der Waals surface area (Å²) in [5, 5.41) is 11.4. The highest BCUT2D eigenvalue weighted by Gasteiger charge is 2.18. The average Bonchev–Trinajstić information content (AvgIpc) is 3.11. The molecule has 0 radical (unpaired) electrons. The second kappa shape index (κ2) is 4.41. The third kappa shape index (κ3) is 1.75. The van der Waals surface area contributed by atoms with Crippen molar-refractivity contribution >= 4 is 11.3 Å². The predicted molar refractivity (Wildman–Crippen MR) is 78.2 cm³/mol. The molecule has 7 heteroatoms. The highest BCUT2D eigenvalue weighted by molar-refractivity contribution is 5.92. The maximum absolute atomic E-state index is 6.01. The van der Waals surface area contributed by atoms with E-state index in [-0.39, 0.29) is 0 Å². The lowest BCUT2D eigenvalue weighted by Crippen LogP contribution is -1.89. The topological polar surface area (TPSA) is 97.8 Å². The molecule has 0 fully saturated rings. The average molecular weight is 277 g/mol. The summed E-state index contributed by atoms with van der Waals surface area (Å²) in [6.07, 6.45) is 10.5. The lowest BCUT2D eigenvalue weighted by Gasteiger charge is -2.02. The van der Waals surface area contributed by atoms with Crippen LogP contribution in [0.15, 0.2) is 49.3 Å². The van der Waals surface area contributed by atoms with Crippen molar-refractivity contribution < 1.29 is 0 Å². The van der Waals surface area contributed by atoms with Gasteiger partial charge in [0.05, 0.1) is 29.2 Å². The highest BCUT2D eigenvalue weighted by atomic mass is 15.2. The molecule has 0 aromatic carbocycles. The molecule has 0 aliphatic heterocycles. The quantitative estimate of drug-likeness (QED) is 0.582. The molecular weight excluding hydrogens is 266 g/mol. The third-order valence-electron chi connectivity index (χ3n) is 3.34. The van der Waals surface area contributed by atoms with Crippen molar-refractivity contribution in [3.63, 3.8) is 0 Å². The first-order valence-corrected chi connectivity index (χ1v) is 6.36. The first-order chi connectivity index (χ1) is 10.3. The Hall–Kier alpha value is -3.22. The smallest absolute Gasteiger partial charge is 0.153 e. The fourth-order valence-corrected chi connectivity index (χ4v) is 2.38. The molecule has 0 atom stereocenters. The zero-order chi connectivity index (χ0) is 14.2. The minimum atomic E-state index is 0.432. The summed E-state index contributed by atoms with van der Waals surface area (Å²) < 4.78 is 1.76. The summed E-state index contributed by atoms with van der Waals surface area (Å²) in [6.45, 7) is 0.